The normalized spacial score (nSPS) is 12.3. The zero-order valence-corrected chi connectivity index (χ0v) is 23.4. The van der Waals surface area contributed by atoms with Crippen LogP contribution in [0.2, 0.25) is 0 Å². The lowest BCUT2D eigenvalue weighted by molar-refractivity contribution is -0.150. The standard InChI is InChI=1S/C31H58O4/c1-3-5-7-9-11-13-14-15-17-19-21-23-28-31(34)35-29(26-24-27-30(32)33)25-22-20-18-16-12-10-8-6-4-2/h9,11,29H,3-8,10,12-28H2,1-2H3,(H,32,33)/b11-9-. The minimum absolute atomic E-state index is 0.0986. The number of aliphatic carboxylic acids is 1. The molecule has 0 aliphatic carbocycles. The highest BCUT2D eigenvalue weighted by molar-refractivity contribution is 5.69. The molecular weight excluding hydrogens is 436 g/mol. The zero-order valence-electron chi connectivity index (χ0n) is 23.4. The summed E-state index contributed by atoms with van der Waals surface area (Å²) >= 11 is 0. The van der Waals surface area contributed by atoms with Gasteiger partial charge in [0.25, 0.3) is 0 Å². The molecule has 0 heterocycles. The third-order valence-corrected chi connectivity index (χ3v) is 6.74. The second-order valence-electron chi connectivity index (χ2n) is 10.3. The maximum atomic E-state index is 12.3. The van der Waals surface area contributed by atoms with Gasteiger partial charge in [0.1, 0.15) is 6.10 Å². The Morgan fingerprint density at radius 3 is 1.69 bits per heavy atom. The van der Waals surface area contributed by atoms with E-state index in [4.69, 9.17) is 9.84 Å². The Morgan fingerprint density at radius 1 is 0.600 bits per heavy atom. The predicted octanol–water partition coefficient (Wildman–Crippen LogP) is 9.94. The fourth-order valence-electron chi connectivity index (χ4n) is 4.47. The number of unbranched alkanes of at least 4 members (excludes halogenated alkanes) is 16. The molecule has 0 saturated heterocycles. The van der Waals surface area contributed by atoms with Crippen LogP contribution in [-0.2, 0) is 14.3 Å². The molecule has 35 heavy (non-hydrogen) atoms. The molecule has 0 fully saturated rings. The van der Waals surface area contributed by atoms with Crippen LogP contribution in [0.1, 0.15) is 168 Å². The second kappa shape index (κ2) is 27.3. The van der Waals surface area contributed by atoms with Crippen molar-refractivity contribution >= 4 is 11.9 Å². The smallest absolute Gasteiger partial charge is 0.306 e. The van der Waals surface area contributed by atoms with Crippen molar-refractivity contribution in [3.63, 3.8) is 0 Å². The Labute approximate surface area is 217 Å². The lowest BCUT2D eigenvalue weighted by atomic mass is 10.0. The van der Waals surface area contributed by atoms with Crippen molar-refractivity contribution in [2.75, 3.05) is 0 Å². The first-order valence-electron chi connectivity index (χ1n) is 15.2. The molecule has 0 spiro atoms. The second-order valence-corrected chi connectivity index (χ2v) is 10.3. The number of rotatable bonds is 27. The molecule has 1 unspecified atom stereocenters. The molecule has 0 aromatic heterocycles. The number of carbonyl (C=O) groups is 2. The Bertz CT molecular complexity index is 500. The van der Waals surface area contributed by atoms with Gasteiger partial charge >= 0.3 is 11.9 Å². The largest absolute Gasteiger partial charge is 0.481 e. The summed E-state index contributed by atoms with van der Waals surface area (Å²) in [5.74, 6) is -0.871. The monoisotopic (exact) mass is 494 g/mol. The van der Waals surface area contributed by atoms with Crippen molar-refractivity contribution in [1.29, 1.82) is 0 Å². The van der Waals surface area contributed by atoms with Crippen molar-refractivity contribution < 1.29 is 19.4 Å². The molecule has 0 aromatic rings. The lowest BCUT2D eigenvalue weighted by Crippen LogP contribution is -2.18. The van der Waals surface area contributed by atoms with Gasteiger partial charge in [0.15, 0.2) is 0 Å². The van der Waals surface area contributed by atoms with E-state index in [2.05, 4.69) is 26.0 Å². The van der Waals surface area contributed by atoms with Gasteiger partial charge in [-0.1, -0.05) is 116 Å². The fourth-order valence-corrected chi connectivity index (χ4v) is 4.47. The summed E-state index contributed by atoms with van der Waals surface area (Å²) in [6.07, 6.45) is 30.7. The van der Waals surface area contributed by atoms with E-state index in [1.165, 1.54) is 103 Å². The van der Waals surface area contributed by atoms with Crippen LogP contribution in [0.4, 0.5) is 0 Å². The maximum absolute atomic E-state index is 12.3. The van der Waals surface area contributed by atoms with Gasteiger partial charge in [-0.2, -0.15) is 0 Å². The van der Waals surface area contributed by atoms with E-state index in [1.807, 2.05) is 0 Å². The van der Waals surface area contributed by atoms with Gasteiger partial charge in [-0.15, -0.1) is 0 Å². The number of carbonyl (C=O) groups excluding carboxylic acids is 1. The van der Waals surface area contributed by atoms with E-state index < -0.39 is 5.97 Å². The van der Waals surface area contributed by atoms with Crippen molar-refractivity contribution in [2.24, 2.45) is 0 Å². The molecule has 0 amide bonds. The van der Waals surface area contributed by atoms with Gasteiger partial charge in [-0.25, -0.2) is 0 Å². The molecule has 0 radical (unpaired) electrons. The fraction of sp³-hybridized carbons (Fsp3) is 0.871. The Hall–Kier alpha value is -1.32. The minimum atomic E-state index is -0.773. The quantitative estimate of drug-likeness (QED) is 0.0701. The predicted molar refractivity (Wildman–Crippen MR) is 149 cm³/mol. The van der Waals surface area contributed by atoms with Gasteiger partial charge in [0.05, 0.1) is 0 Å². The van der Waals surface area contributed by atoms with Crippen molar-refractivity contribution in [1.82, 2.24) is 0 Å². The molecule has 0 aliphatic heterocycles. The first-order valence-corrected chi connectivity index (χ1v) is 15.2. The van der Waals surface area contributed by atoms with Crippen molar-refractivity contribution in [3.05, 3.63) is 12.2 Å². The minimum Gasteiger partial charge on any atom is -0.481 e. The van der Waals surface area contributed by atoms with E-state index in [9.17, 15) is 9.59 Å². The molecule has 0 bridgehead atoms. The molecule has 0 rings (SSSR count). The van der Waals surface area contributed by atoms with E-state index in [0.29, 0.717) is 19.3 Å². The SMILES string of the molecule is CCCC/C=C\CCCCCCCCC(=O)OC(CCCCCCCCCCC)CCCC(=O)O. The number of hydrogen-bond donors (Lipinski definition) is 1. The first kappa shape index (κ1) is 33.7. The summed E-state index contributed by atoms with van der Waals surface area (Å²) in [4.78, 5) is 23.2. The third-order valence-electron chi connectivity index (χ3n) is 6.74. The van der Waals surface area contributed by atoms with Crippen molar-refractivity contribution in [2.45, 2.75) is 174 Å². The average molecular weight is 495 g/mol. The van der Waals surface area contributed by atoms with Gasteiger partial charge in [0.2, 0.25) is 0 Å². The number of ether oxygens (including phenoxy) is 1. The summed E-state index contributed by atoms with van der Waals surface area (Å²) in [7, 11) is 0. The molecule has 0 aliphatic rings. The number of hydrogen-bond acceptors (Lipinski definition) is 3. The van der Waals surface area contributed by atoms with Crippen LogP contribution in [0.15, 0.2) is 12.2 Å². The van der Waals surface area contributed by atoms with E-state index >= 15 is 0 Å². The van der Waals surface area contributed by atoms with Crippen LogP contribution in [-0.4, -0.2) is 23.1 Å². The molecule has 4 heteroatoms. The van der Waals surface area contributed by atoms with E-state index in [1.54, 1.807) is 0 Å². The Morgan fingerprint density at radius 2 is 1.09 bits per heavy atom. The Balaban J connectivity index is 3.89. The van der Waals surface area contributed by atoms with Crippen LogP contribution < -0.4 is 0 Å². The lowest BCUT2D eigenvalue weighted by Gasteiger charge is -2.18. The summed E-state index contributed by atoms with van der Waals surface area (Å²) in [5.41, 5.74) is 0. The van der Waals surface area contributed by atoms with Crippen LogP contribution in [0.3, 0.4) is 0 Å². The molecule has 1 atom stereocenters. The van der Waals surface area contributed by atoms with Gasteiger partial charge in [0, 0.05) is 12.8 Å². The first-order chi connectivity index (χ1) is 17.1. The molecule has 0 saturated carbocycles. The van der Waals surface area contributed by atoms with Crippen LogP contribution in [0, 0.1) is 0 Å². The van der Waals surface area contributed by atoms with Gasteiger partial charge in [-0.05, 0) is 51.4 Å². The van der Waals surface area contributed by atoms with Gasteiger partial charge in [-0.3, -0.25) is 9.59 Å². The summed E-state index contributed by atoms with van der Waals surface area (Å²) in [6.45, 7) is 4.48. The highest BCUT2D eigenvalue weighted by Crippen LogP contribution is 2.17. The maximum Gasteiger partial charge on any atom is 0.306 e. The van der Waals surface area contributed by atoms with Gasteiger partial charge < -0.3 is 9.84 Å². The molecule has 1 N–H and O–H groups in total. The van der Waals surface area contributed by atoms with E-state index in [-0.39, 0.29) is 18.5 Å². The topological polar surface area (TPSA) is 63.6 Å². The Kier molecular flexibility index (Phi) is 26.2. The van der Waals surface area contributed by atoms with Crippen LogP contribution >= 0.6 is 0 Å². The molecule has 0 aromatic carbocycles. The number of allylic oxidation sites excluding steroid dienone is 2. The van der Waals surface area contributed by atoms with Crippen LogP contribution in [0.5, 0.6) is 0 Å². The average Bonchev–Trinajstić information content (AvgIpc) is 2.83. The third kappa shape index (κ3) is 27.1. The van der Waals surface area contributed by atoms with Crippen molar-refractivity contribution in [3.8, 4) is 0 Å². The number of carboxylic acids is 1. The summed E-state index contributed by atoms with van der Waals surface area (Å²) in [6, 6.07) is 0. The summed E-state index contributed by atoms with van der Waals surface area (Å²) in [5, 5.41) is 8.93. The van der Waals surface area contributed by atoms with Crippen LogP contribution in [0.25, 0.3) is 0 Å². The van der Waals surface area contributed by atoms with E-state index in [0.717, 1.165) is 25.7 Å². The number of carboxylic acid groups (broad SMARTS) is 1. The molecular formula is C31H58O4. The molecule has 206 valence electrons. The number of esters is 1. The highest BCUT2D eigenvalue weighted by atomic mass is 16.5. The highest BCUT2D eigenvalue weighted by Gasteiger charge is 2.15. The summed E-state index contributed by atoms with van der Waals surface area (Å²) < 4.78 is 5.76. The molecule has 4 nitrogen and oxygen atoms in total. The zero-order chi connectivity index (χ0) is 25.8.